The third-order valence-corrected chi connectivity index (χ3v) is 3.91. The lowest BCUT2D eigenvalue weighted by atomic mass is 9.99. The Labute approximate surface area is 128 Å². The van der Waals surface area contributed by atoms with Gasteiger partial charge in [-0.25, -0.2) is 0 Å². The number of rotatable bonds is 2. The number of nitrogens with zero attached hydrogens (tertiary/aromatic N) is 2. The van der Waals surface area contributed by atoms with Gasteiger partial charge in [0.2, 0.25) is 5.13 Å². The summed E-state index contributed by atoms with van der Waals surface area (Å²) in [5.74, 6) is 0. The van der Waals surface area contributed by atoms with Crippen LogP contribution in [0.1, 0.15) is 5.56 Å². The van der Waals surface area contributed by atoms with E-state index in [-0.39, 0.29) is 0 Å². The van der Waals surface area contributed by atoms with Crippen LogP contribution in [0.25, 0.3) is 21.7 Å². The van der Waals surface area contributed by atoms with Crippen molar-refractivity contribution in [2.75, 3.05) is 5.73 Å². The summed E-state index contributed by atoms with van der Waals surface area (Å²) < 4.78 is 37.9. The average Bonchev–Trinajstić information content (AvgIpc) is 2.93. The number of hydrogen-bond acceptors (Lipinski definition) is 4. The lowest BCUT2D eigenvalue weighted by molar-refractivity contribution is -0.137. The lowest BCUT2D eigenvalue weighted by Gasteiger charge is -2.10. The fourth-order valence-corrected chi connectivity index (χ4v) is 2.75. The van der Waals surface area contributed by atoms with Crippen LogP contribution in [0.5, 0.6) is 0 Å². The molecule has 0 spiro atoms. The summed E-state index contributed by atoms with van der Waals surface area (Å²) in [4.78, 5) is 0. The zero-order valence-electron chi connectivity index (χ0n) is 11.1. The van der Waals surface area contributed by atoms with Gasteiger partial charge in [-0.2, -0.15) is 13.2 Å². The Hall–Kier alpha value is -2.41. The molecule has 0 aliphatic rings. The van der Waals surface area contributed by atoms with Crippen LogP contribution in [0.15, 0.2) is 48.5 Å². The molecule has 1 aromatic heterocycles. The van der Waals surface area contributed by atoms with Crippen LogP contribution in [0, 0.1) is 0 Å². The fraction of sp³-hybridized carbons (Fsp3) is 0.0667. The first kappa shape index (κ1) is 14.5. The van der Waals surface area contributed by atoms with Gasteiger partial charge in [-0.3, -0.25) is 0 Å². The maximum atomic E-state index is 12.6. The monoisotopic (exact) mass is 321 g/mol. The summed E-state index contributed by atoms with van der Waals surface area (Å²) >= 11 is 1.23. The minimum atomic E-state index is -4.34. The predicted molar refractivity (Wildman–Crippen MR) is 80.2 cm³/mol. The molecule has 1 heterocycles. The van der Waals surface area contributed by atoms with Crippen molar-refractivity contribution in [1.82, 2.24) is 10.2 Å². The number of benzene rings is 2. The van der Waals surface area contributed by atoms with Gasteiger partial charge in [0.25, 0.3) is 0 Å². The molecule has 0 amide bonds. The van der Waals surface area contributed by atoms with E-state index in [2.05, 4.69) is 10.2 Å². The molecular formula is C15H10F3N3S. The highest BCUT2D eigenvalue weighted by molar-refractivity contribution is 7.18. The number of aromatic nitrogens is 2. The first-order valence-electron chi connectivity index (χ1n) is 6.31. The summed E-state index contributed by atoms with van der Waals surface area (Å²) in [5.41, 5.74) is 7.17. The van der Waals surface area contributed by atoms with Crippen molar-refractivity contribution < 1.29 is 13.2 Å². The van der Waals surface area contributed by atoms with Crippen molar-refractivity contribution in [3.8, 4) is 21.7 Å². The van der Waals surface area contributed by atoms with Crippen molar-refractivity contribution in [1.29, 1.82) is 0 Å². The summed E-state index contributed by atoms with van der Waals surface area (Å²) in [5, 5.41) is 8.74. The summed E-state index contributed by atoms with van der Waals surface area (Å²) in [6.07, 6.45) is -4.34. The Bertz CT molecular complexity index is 794. The van der Waals surface area contributed by atoms with Gasteiger partial charge >= 0.3 is 6.18 Å². The smallest absolute Gasteiger partial charge is 0.374 e. The first-order chi connectivity index (χ1) is 10.4. The molecule has 112 valence electrons. The van der Waals surface area contributed by atoms with Crippen LogP contribution in [-0.2, 0) is 6.18 Å². The molecule has 2 aromatic carbocycles. The zero-order chi connectivity index (χ0) is 15.7. The van der Waals surface area contributed by atoms with E-state index in [0.29, 0.717) is 15.7 Å². The molecule has 22 heavy (non-hydrogen) atoms. The molecule has 0 saturated heterocycles. The molecule has 0 radical (unpaired) electrons. The molecule has 0 aliphatic heterocycles. The second kappa shape index (κ2) is 5.42. The number of hydrogen-bond donors (Lipinski definition) is 1. The molecule has 3 aromatic rings. The van der Waals surface area contributed by atoms with Gasteiger partial charge in [0.1, 0.15) is 5.01 Å². The fourth-order valence-electron chi connectivity index (χ4n) is 2.10. The predicted octanol–water partition coefficient (Wildman–Crippen LogP) is 4.47. The minimum absolute atomic E-state index is 0.345. The third kappa shape index (κ3) is 2.80. The molecule has 0 fully saturated rings. The second-order valence-electron chi connectivity index (χ2n) is 4.57. The van der Waals surface area contributed by atoms with E-state index >= 15 is 0 Å². The minimum Gasteiger partial charge on any atom is -0.374 e. The normalized spacial score (nSPS) is 11.6. The number of nitrogens with two attached hydrogens (primary N) is 1. The van der Waals surface area contributed by atoms with Gasteiger partial charge in [0.05, 0.1) is 5.56 Å². The standard InChI is InChI=1S/C15H10F3N3S/c16-15(17,18)10-7-5-9(6-8-10)11-3-1-2-4-12(11)13-20-21-14(19)22-13/h1-8H,(H2,19,21). The molecule has 7 heteroatoms. The lowest BCUT2D eigenvalue weighted by Crippen LogP contribution is -2.04. The Morgan fingerprint density at radius 2 is 1.50 bits per heavy atom. The Balaban J connectivity index is 2.06. The van der Waals surface area contributed by atoms with Crippen LogP contribution >= 0.6 is 11.3 Å². The number of halogens is 3. The van der Waals surface area contributed by atoms with Crippen LogP contribution < -0.4 is 5.73 Å². The maximum absolute atomic E-state index is 12.6. The molecule has 0 unspecified atom stereocenters. The highest BCUT2D eigenvalue weighted by Crippen LogP contribution is 2.36. The van der Waals surface area contributed by atoms with Crippen molar-refractivity contribution in [3.05, 3.63) is 54.1 Å². The molecule has 0 saturated carbocycles. The van der Waals surface area contributed by atoms with Crippen LogP contribution in [0.3, 0.4) is 0 Å². The largest absolute Gasteiger partial charge is 0.416 e. The molecule has 0 atom stereocenters. The first-order valence-corrected chi connectivity index (χ1v) is 7.13. The molecule has 0 aliphatic carbocycles. The molecule has 2 N–H and O–H groups in total. The number of alkyl halides is 3. The zero-order valence-corrected chi connectivity index (χ0v) is 11.9. The van der Waals surface area contributed by atoms with Gasteiger partial charge in [0.15, 0.2) is 0 Å². The Morgan fingerprint density at radius 1 is 0.864 bits per heavy atom. The van der Waals surface area contributed by atoms with Crippen LogP contribution in [0.4, 0.5) is 18.3 Å². The molecule has 3 rings (SSSR count). The van der Waals surface area contributed by atoms with Gasteiger partial charge < -0.3 is 5.73 Å². The number of anilines is 1. The van der Waals surface area contributed by atoms with Gasteiger partial charge in [-0.15, -0.1) is 10.2 Å². The molecule has 0 bridgehead atoms. The van der Waals surface area contributed by atoms with E-state index in [1.54, 1.807) is 0 Å². The highest BCUT2D eigenvalue weighted by atomic mass is 32.1. The van der Waals surface area contributed by atoms with E-state index in [1.165, 1.54) is 23.5 Å². The van der Waals surface area contributed by atoms with Crippen LogP contribution in [0.2, 0.25) is 0 Å². The van der Waals surface area contributed by atoms with E-state index in [9.17, 15) is 13.2 Å². The van der Waals surface area contributed by atoms with E-state index < -0.39 is 11.7 Å². The van der Waals surface area contributed by atoms with Gasteiger partial charge in [-0.05, 0) is 23.3 Å². The highest BCUT2D eigenvalue weighted by Gasteiger charge is 2.30. The topological polar surface area (TPSA) is 51.8 Å². The van der Waals surface area contributed by atoms with E-state index in [4.69, 9.17) is 5.73 Å². The summed E-state index contributed by atoms with van der Waals surface area (Å²) in [7, 11) is 0. The van der Waals surface area contributed by atoms with Gasteiger partial charge in [-0.1, -0.05) is 47.7 Å². The quantitative estimate of drug-likeness (QED) is 0.757. The number of nitrogen functional groups attached to an aromatic ring is 1. The van der Waals surface area contributed by atoms with E-state index in [0.717, 1.165) is 23.3 Å². The van der Waals surface area contributed by atoms with Crippen LogP contribution in [-0.4, -0.2) is 10.2 Å². The third-order valence-electron chi connectivity index (χ3n) is 3.12. The molecule has 3 nitrogen and oxygen atoms in total. The van der Waals surface area contributed by atoms with E-state index in [1.807, 2.05) is 24.3 Å². The van der Waals surface area contributed by atoms with Crippen molar-refractivity contribution >= 4 is 16.5 Å². The average molecular weight is 321 g/mol. The summed E-state index contributed by atoms with van der Waals surface area (Å²) in [6, 6.07) is 12.4. The Kier molecular flexibility index (Phi) is 3.58. The maximum Gasteiger partial charge on any atom is 0.416 e. The summed E-state index contributed by atoms with van der Waals surface area (Å²) in [6.45, 7) is 0. The van der Waals surface area contributed by atoms with Gasteiger partial charge in [0, 0.05) is 5.56 Å². The second-order valence-corrected chi connectivity index (χ2v) is 5.58. The van der Waals surface area contributed by atoms with Crippen molar-refractivity contribution in [2.24, 2.45) is 0 Å². The Morgan fingerprint density at radius 3 is 2.05 bits per heavy atom. The SMILES string of the molecule is Nc1nnc(-c2ccccc2-c2ccc(C(F)(F)F)cc2)s1. The van der Waals surface area contributed by atoms with Crippen molar-refractivity contribution in [3.63, 3.8) is 0 Å². The molecular weight excluding hydrogens is 311 g/mol. The van der Waals surface area contributed by atoms with Crippen molar-refractivity contribution in [2.45, 2.75) is 6.18 Å².